The highest BCUT2D eigenvalue weighted by molar-refractivity contribution is 6.30. The van der Waals surface area contributed by atoms with Crippen LogP contribution in [0.5, 0.6) is 5.75 Å². The molecule has 5 nitrogen and oxygen atoms in total. The number of carbonyl (C=O) groups is 2. The lowest BCUT2D eigenvalue weighted by Gasteiger charge is -2.14. The van der Waals surface area contributed by atoms with Crippen molar-refractivity contribution < 1.29 is 24.2 Å². The summed E-state index contributed by atoms with van der Waals surface area (Å²) in [5, 5.41) is 10.7. The van der Waals surface area contributed by atoms with E-state index in [0.717, 1.165) is 19.3 Å². The first-order valence-electron chi connectivity index (χ1n) is 10.7. The number of aliphatic hydroxyl groups is 1. The predicted octanol–water partition coefficient (Wildman–Crippen LogP) is 5.08. The highest BCUT2D eigenvalue weighted by atomic mass is 35.5. The summed E-state index contributed by atoms with van der Waals surface area (Å²) in [5.74, 6) is 0.224. The van der Waals surface area contributed by atoms with Gasteiger partial charge in [-0.05, 0) is 63.3 Å². The Morgan fingerprint density at radius 2 is 2.10 bits per heavy atom. The van der Waals surface area contributed by atoms with E-state index >= 15 is 0 Å². The summed E-state index contributed by atoms with van der Waals surface area (Å²) in [6.45, 7) is 3.75. The van der Waals surface area contributed by atoms with E-state index in [4.69, 9.17) is 21.1 Å². The molecule has 0 radical (unpaired) electrons. The zero-order valence-electron chi connectivity index (χ0n) is 18.1. The van der Waals surface area contributed by atoms with Crippen LogP contribution in [-0.4, -0.2) is 35.7 Å². The molecule has 168 valence electrons. The van der Waals surface area contributed by atoms with E-state index < -0.39 is 6.10 Å². The number of aliphatic hydroxyl groups excluding tert-OH is 1. The molecule has 0 spiro atoms. The Hall–Kier alpha value is -2.37. The van der Waals surface area contributed by atoms with Gasteiger partial charge in [0.25, 0.3) is 0 Å². The number of halogens is 1. The summed E-state index contributed by atoms with van der Waals surface area (Å²) < 4.78 is 10.6. The predicted molar refractivity (Wildman–Crippen MR) is 122 cm³/mol. The number of benzene rings is 1. The van der Waals surface area contributed by atoms with Crippen LogP contribution in [0.1, 0.15) is 39.5 Å². The van der Waals surface area contributed by atoms with Crippen molar-refractivity contribution in [3.8, 4) is 5.75 Å². The molecule has 1 aromatic carbocycles. The summed E-state index contributed by atoms with van der Waals surface area (Å²) in [6, 6.07) is 6.97. The lowest BCUT2D eigenvalue weighted by Crippen LogP contribution is -2.17. The first-order valence-corrected chi connectivity index (χ1v) is 11.0. The number of ketones is 1. The van der Waals surface area contributed by atoms with Crippen LogP contribution >= 0.6 is 11.6 Å². The fourth-order valence-electron chi connectivity index (χ4n) is 3.22. The topological polar surface area (TPSA) is 72.8 Å². The molecule has 1 aromatic rings. The second-order valence-electron chi connectivity index (χ2n) is 7.81. The second kappa shape index (κ2) is 13.1. The molecule has 0 heterocycles. The van der Waals surface area contributed by atoms with Crippen LogP contribution in [0, 0.1) is 11.8 Å². The summed E-state index contributed by atoms with van der Waals surface area (Å²) in [5.41, 5.74) is 0. The lowest BCUT2D eigenvalue weighted by molar-refractivity contribution is -0.147. The third kappa shape index (κ3) is 9.53. The van der Waals surface area contributed by atoms with Gasteiger partial charge in [0.1, 0.15) is 18.5 Å². The summed E-state index contributed by atoms with van der Waals surface area (Å²) >= 11 is 5.91. The quantitative estimate of drug-likeness (QED) is 0.275. The third-order valence-electron chi connectivity index (χ3n) is 4.75. The maximum atomic E-state index is 12.2. The molecule has 3 atom stereocenters. The highest BCUT2D eigenvalue weighted by Crippen LogP contribution is 2.27. The molecule has 0 saturated heterocycles. The smallest absolute Gasteiger partial charge is 0.306 e. The molecule has 0 bridgehead atoms. The van der Waals surface area contributed by atoms with Crippen LogP contribution in [0.4, 0.5) is 0 Å². The largest absolute Gasteiger partial charge is 0.491 e. The fraction of sp³-hybridized carbons (Fsp3) is 0.440. The monoisotopic (exact) mass is 446 g/mol. The summed E-state index contributed by atoms with van der Waals surface area (Å²) in [7, 11) is 0. The normalized spacial score (nSPS) is 19.6. The zero-order chi connectivity index (χ0) is 22.6. The van der Waals surface area contributed by atoms with Crippen molar-refractivity contribution in [3.05, 3.63) is 65.7 Å². The molecule has 0 saturated carbocycles. The number of esters is 1. The molecular weight excluding hydrogens is 416 g/mol. The Bertz CT molecular complexity index is 812. The average molecular weight is 447 g/mol. The summed E-state index contributed by atoms with van der Waals surface area (Å²) in [6.07, 6.45) is 12.7. The minimum Gasteiger partial charge on any atom is -0.491 e. The van der Waals surface area contributed by atoms with Crippen molar-refractivity contribution in [2.24, 2.45) is 11.8 Å². The first-order chi connectivity index (χ1) is 14.8. The Morgan fingerprint density at radius 3 is 2.84 bits per heavy atom. The minimum absolute atomic E-state index is 0.0361. The second-order valence-corrected chi connectivity index (χ2v) is 8.25. The van der Waals surface area contributed by atoms with Crippen molar-refractivity contribution in [3.63, 3.8) is 0 Å². The Balaban J connectivity index is 1.73. The summed E-state index contributed by atoms with van der Waals surface area (Å²) in [4.78, 5) is 23.7. The van der Waals surface area contributed by atoms with Gasteiger partial charge in [0.2, 0.25) is 0 Å². The molecule has 1 aliphatic carbocycles. The van der Waals surface area contributed by atoms with Crippen molar-refractivity contribution in [2.45, 2.75) is 51.7 Å². The van der Waals surface area contributed by atoms with Crippen LogP contribution in [-0.2, 0) is 14.3 Å². The van der Waals surface area contributed by atoms with Crippen molar-refractivity contribution in [1.82, 2.24) is 0 Å². The highest BCUT2D eigenvalue weighted by Gasteiger charge is 2.26. The molecule has 2 rings (SSSR count). The molecule has 0 aliphatic heterocycles. The van der Waals surface area contributed by atoms with Crippen molar-refractivity contribution >= 4 is 23.4 Å². The van der Waals surface area contributed by atoms with Gasteiger partial charge in [0.15, 0.2) is 5.78 Å². The lowest BCUT2D eigenvalue weighted by atomic mass is 9.91. The Kier molecular flexibility index (Phi) is 10.5. The van der Waals surface area contributed by atoms with E-state index in [1.54, 1.807) is 42.5 Å². The number of allylic oxidation sites excluding steroid dienone is 5. The van der Waals surface area contributed by atoms with Crippen LogP contribution in [0.2, 0.25) is 5.02 Å². The van der Waals surface area contributed by atoms with Gasteiger partial charge in [-0.2, -0.15) is 0 Å². The van der Waals surface area contributed by atoms with Crippen LogP contribution < -0.4 is 4.74 Å². The van der Waals surface area contributed by atoms with E-state index in [1.165, 1.54) is 0 Å². The van der Waals surface area contributed by atoms with E-state index in [0.29, 0.717) is 17.2 Å². The minimum atomic E-state index is -0.825. The maximum Gasteiger partial charge on any atom is 0.306 e. The average Bonchev–Trinajstić information content (AvgIpc) is 3.06. The number of unbranched alkanes of at least 4 members (excludes halogenated alkanes) is 1. The maximum absolute atomic E-state index is 12.2. The van der Waals surface area contributed by atoms with Crippen molar-refractivity contribution in [2.75, 3.05) is 6.61 Å². The Morgan fingerprint density at radius 1 is 1.29 bits per heavy atom. The van der Waals surface area contributed by atoms with Crippen LogP contribution in [0.25, 0.3) is 0 Å². The number of carbonyl (C=O) groups excluding carboxylic acids is 2. The van der Waals surface area contributed by atoms with Gasteiger partial charge < -0.3 is 14.6 Å². The molecule has 0 amide bonds. The molecule has 0 fully saturated rings. The third-order valence-corrected chi connectivity index (χ3v) is 4.98. The SMILES string of the molecule is CC(C)OC(=O)CCCC=CCC1C=CC(=O)[C@H]1C=C[C@@H](O)COc1cccc(Cl)c1. The first kappa shape index (κ1) is 24.9. The molecule has 1 aliphatic rings. The van der Waals surface area contributed by atoms with Gasteiger partial charge in [-0.25, -0.2) is 0 Å². The van der Waals surface area contributed by atoms with Crippen LogP contribution in [0.15, 0.2) is 60.7 Å². The standard InChI is InChI=1S/C25H31ClO5/c1-18(2)31-25(29)11-6-4-3-5-8-19-12-15-24(28)23(19)14-13-21(27)17-30-22-10-7-9-20(26)16-22/h3,5,7,9-10,12-16,18-19,21,23,27H,4,6,8,11,17H2,1-2H3/t19?,21-,23+/m1/s1. The van der Waals surface area contributed by atoms with Gasteiger partial charge >= 0.3 is 5.97 Å². The number of ether oxygens (including phenoxy) is 2. The van der Waals surface area contributed by atoms with Crippen molar-refractivity contribution in [1.29, 1.82) is 0 Å². The number of hydrogen-bond donors (Lipinski definition) is 1. The zero-order valence-corrected chi connectivity index (χ0v) is 18.8. The van der Waals surface area contributed by atoms with E-state index in [1.807, 2.05) is 32.1 Å². The van der Waals surface area contributed by atoms with Gasteiger partial charge in [-0.15, -0.1) is 0 Å². The van der Waals surface area contributed by atoms with Gasteiger partial charge in [0.05, 0.1) is 6.10 Å². The van der Waals surface area contributed by atoms with E-state index in [9.17, 15) is 14.7 Å². The molecule has 1 N–H and O–H groups in total. The number of rotatable bonds is 12. The van der Waals surface area contributed by atoms with Crippen LogP contribution in [0.3, 0.4) is 0 Å². The molecule has 1 unspecified atom stereocenters. The van der Waals surface area contributed by atoms with Gasteiger partial charge in [-0.3, -0.25) is 9.59 Å². The molecule has 0 aromatic heterocycles. The molecule has 6 heteroatoms. The van der Waals surface area contributed by atoms with Gasteiger partial charge in [0, 0.05) is 17.4 Å². The molecular formula is C25H31ClO5. The Labute approximate surface area is 189 Å². The number of hydrogen-bond acceptors (Lipinski definition) is 5. The molecule has 31 heavy (non-hydrogen) atoms. The fourth-order valence-corrected chi connectivity index (χ4v) is 3.40. The van der Waals surface area contributed by atoms with Gasteiger partial charge in [-0.1, -0.05) is 48.0 Å². The van der Waals surface area contributed by atoms with E-state index in [-0.39, 0.29) is 36.3 Å². The van der Waals surface area contributed by atoms with E-state index in [2.05, 4.69) is 0 Å².